The molecule has 1 aliphatic rings. The molecule has 86 valence electrons. The summed E-state index contributed by atoms with van der Waals surface area (Å²) in [5.74, 6) is -0.251. The largest absolute Gasteiger partial charge is 0.357 e. The summed E-state index contributed by atoms with van der Waals surface area (Å²) < 4.78 is 0. The molecule has 4 nitrogen and oxygen atoms in total. The van der Waals surface area contributed by atoms with E-state index >= 15 is 0 Å². The van der Waals surface area contributed by atoms with Gasteiger partial charge in [0, 0.05) is 13.6 Å². The number of hydrogen-bond acceptors (Lipinski definition) is 2. The summed E-state index contributed by atoms with van der Waals surface area (Å²) >= 11 is 0. The molecule has 1 atom stereocenters. The predicted octanol–water partition coefficient (Wildman–Crippen LogP) is 0.936. The Bertz CT molecular complexity index is 239. The molecule has 1 N–H and O–H groups in total. The van der Waals surface area contributed by atoms with Gasteiger partial charge < -0.3 is 10.2 Å². The summed E-state index contributed by atoms with van der Waals surface area (Å²) in [6, 6.07) is -0.296. The molecule has 15 heavy (non-hydrogen) atoms. The van der Waals surface area contributed by atoms with Crippen LogP contribution in [0.1, 0.15) is 26.7 Å². The fraction of sp³-hybridized carbons (Fsp3) is 0.636. The average Bonchev–Trinajstić information content (AvgIpc) is 2.78. The lowest BCUT2D eigenvalue weighted by Gasteiger charge is -2.21. The van der Waals surface area contributed by atoms with Gasteiger partial charge in [-0.1, -0.05) is 20.4 Å². The van der Waals surface area contributed by atoms with Crippen LogP contribution in [0.4, 0.5) is 0 Å². The summed E-state index contributed by atoms with van der Waals surface area (Å²) in [5.41, 5.74) is 0. The van der Waals surface area contributed by atoms with Gasteiger partial charge in [-0.15, -0.1) is 0 Å². The number of nitrogens with one attached hydrogen (secondary N) is 1. The Balaban J connectivity index is 0.000000921. The van der Waals surface area contributed by atoms with Crippen LogP contribution in [0.25, 0.3) is 0 Å². The first-order valence-electron chi connectivity index (χ1n) is 5.35. The summed E-state index contributed by atoms with van der Waals surface area (Å²) in [7, 11) is 1.58. The van der Waals surface area contributed by atoms with E-state index in [1.54, 1.807) is 11.9 Å². The lowest BCUT2D eigenvalue weighted by Crippen LogP contribution is -2.44. The second kappa shape index (κ2) is 7.04. The van der Waals surface area contributed by atoms with Crippen molar-refractivity contribution in [3.05, 3.63) is 12.7 Å². The van der Waals surface area contributed by atoms with Gasteiger partial charge >= 0.3 is 0 Å². The zero-order valence-corrected chi connectivity index (χ0v) is 9.75. The quantitative estimate of drug-likeness (QED) is 0.692. The maximum absolute atomic E-state index is 11.3. The van der Waals surface area contributed by atoms with Crippen molar-refractivity contribution in [3.63, 3.8) is 0 Å². The van der Waals surface area contributed by atoms with Gasteiger partial charge in [0.15, 0.2) is 0 Å². The third kappa shape index (κ3) is 3.38. The van der Waals surface area contributed by atoms with Crippen molar-refractivity contribution in [2.45, 2.75) is 32.7 Å². The molecular formula is C11H20N2O2. The number of hydrogen-bond donors (Lipinski definition) is 1. The van der Waals surface area contributed by atoms with E-state index in [1.165, 1.54) is 6.08 Å². The lowest BCUT2D eigenvalue weighted by molar-refractivity contribution is -0.134. The zero-order valence-electron chi connectivity index (χ0n) is 9.75. The molecule has 0 aromatic heterocycles. The summed E-state index contributed by atoms with van der Waals surface area (Å²) in [5, 5.41) is 2.55. The van der Waals surface area contributed by atoms with Gasteiger partial charge in [-0.05, 0) is 18.9 Å². The molecule has 0 aromatic carbocycles. The molecule has 4 heteroatoms. The minimum Gasteiger partial charge on any atom is -0.357 e. The Labute approximate surface area is 91.3 Å². The highest BCUT2D eigenvalue weighted by molar-refractivity contribution is 5.92. The van der Waals surface area contributed by atoms with Gasteiger partial charge in [0.2, 0.25) is 11.8 Å². The Morgan fingerprint density at radius 3 is 2.53 bits per heavy atom. The van der Waals surface area contributed by atoms with E-state index in [1.807, 2.05) is 13.8 Å². The fourth-order valence-electron chi connectivity index (χ4n) is 1.59. The molecule has 0 spiro atoms. The molecule has 0 bridgehead atoms. The number of nitrogens with zero attached hydrogens (tertiary/aromatic N) is 1. The van der Waals surface area contributed by atoms with Gasteiger partial charge in [0.05, 0.1) is 0 Å². The number of amides is 2. The third-order valence-electron chi connectivity index (χ3n) is 2.26. The minimum absolute atomic E-state index is 0.0901. The van der Waals surface area contributed by atoms with Crippen LogP contribution in [0.3, 0.4) is 0 Å². The molecule has 1 aliphatic heterocycles. The SMILES string of the molecule is C=CC(=O)N1CCCC1C(=O)NC.CC. The molecule has 1 unspecified atom stereocenters. The molecule has 1 heterocycles. The summed E-state index contributed by atoms with van der Waals surface area (Å²) in [6.45, 7) is 8.06. The Hall–Kier alpha value is -1.32. The maximum Gasteiger partial charge on any atom is 0.246 e. The maximum atomic E-state index is 11.3. The highest BCUT2D eigenvalue weighted by Gasteiger charge is 2.31. The first-order chi connectivity index (χ1) is 7.20. The standard InChI is InChI=1S/C9H14N2O2.C2H6/c1-3-8(12)11-6-4-5-7(11)9(13)10-2;1-2/h3,7H,1,4-6H2,2H3,(H,10,13);1-2H3. The highest BCUT2D eigenvalue weighted by atomic mass is 16.2. The van der Waals surface area contributed by atoms with Crippen molar-refractivity contribution in [1.82, 2.24) is 10.2 Å². The van der Waals surface area contributed by atoms with E-state index < -0.39 is 0 Å². The van der Waals surface area contributed by atoms with E-state index in [9.17, 15) is 9.59 Å². The van der Waals surface area contributed by atoms with Crippen molar-refractivity contribution in [1.29, 1.82) is 0 Å². The molecule has 2 amide bonds. The van der Waals surface area contributed by atoms with Crippen LogP contribution >= 0.6 is 0 Å². The Morgan fingerprint density at radius 2 is 2.07 bits per heavy atom. The highest BCUT2D eigenvalue weighted by Crippen LogP contribution is 2.17. The lowest BCUT2D eigenvalue weighted by atomic mass is 10.2. The van der Waals surface area contributed by atoms with Crippen molar-refractivity contribution in [3.8, 4) is 0 Å². The van der Waals surface area contributed by atoms with Crippen molar-refractivity contribution in [2.75, 3.05) is 13.6 Å². The topological polar surface area (TPSA) is 49.4 Å². The molecule has 1 fully saturated rings. The van der Waals surface area contributed by atoms with Crippen molar-refractivity contribution < 1.29 is 9.59 Å². The van der Waals surface area contributed by atoms with E-state index in [0.29, 0.717) is 6.54 Å². The number of likely N-dealkylation sites (tertiary alicyclic amines) is 1. The predicted molar refractivity (Wildman–Crippen MR) is 60.3 cm³/mol. The third-order valence-corrected chi connectivity index (χ3v) is 2.26. The molecule has 0 aliphatic carbocycles. The van der Waals surface area contributed by atoms with Crippen LogP contribution in [0.2, 0.25) is 0 Å². The molecule has 1 saturated heterocycles. The first-order valence-corrected chi connectivity index (χ1v) is 5.35. The minimum atomic E-state index is -0.296. The van der Waals surface area contributed by atoms with Crippen LogP contribution in [0, 0.1) is 0 Å². The smallest absolute Gasteiger partial charge is 0.246 e. The van der Waals surface area contributed by atoms with Gasteiger partial charge in [-0.2, -0.15) is 0 Å². The van der Waals surface area contributed by atoms with E-state index in [0.717, 1.165) is 12.8 Å². The zero-order chi connectivity index (χ0) is 11.8. The molecule has 0 saturated carbocycles. The van der Waals surface area contributed by atoms with Crippen LogP contribution in [0.5, 0.6) is 0 Å². The van der Waals surface area contributed by atoms with E-state index in [2.05, 4.69) is 11.9 Å². The number of rotatable bonds is 2. The molecule has 0 aromatic rings. The Kier molecular flexibility index (Phi) is 6.42. The van der Waals surface area contributed by atoms with Gasteiger partial charge in [0.1, 0.15) is 6.04 Å². The van der Waals surface area contributed by atoms with Gasteiger partial charge in [-0.25, -0.2) is 0 Å². The second-order valence-corrected chi connectivity index (χ2v) is 3.01. The van der Waals surface area contributed by atoms with Crippen molar-refractivity contribution >= 4 is 11.8 Å². The van der Waals surface area contributed by atoms with Crippen LogP contribution in [0.15, 0.2) is 12.7 Å². The van der Waals surface area contributed by atoms with Gasteiger partial charge in [-0.3, -0.25) is 9.59 Å². The summed E-state index contributed by atoms with van der Waals surface area (Å²) in [4.78, 5) is 24.1. The van der Waals surface area contributed by atoms with Crippen LogP contribution < -0.4 is 5.32 Å². The van der Waals surface area contributed by atoms with Gasteiger partial charge in [0.25, 0.3) is 0 Å². The van der Waals surface area contributed by atoms with Crippen LogP contribution in [-0.4, -0.2) is 36.3 Å². The second-order valence-electron chi connectivity index (χ2n) is 3.01. The van der Waals surface area contributed by atoms with Crippen LogP contribution in [-0.2, 0) is 9.59 Å². The molecule has 0 radical (unpaired) electrons. The average molecular weight is 212 g/mol. The first kappa shape index (κ1) is 13.7. The monoisotopic (exact) mass is 212 g/mol. The number of likely N-dealkylation sites (N-methyl/N-ethyl adjacent to an activating group) is 1. The van der Waals surface area contributed by atoms with E-state index in [4.69, 9.17) is 0 Å². The number of carbonyl (C=O) groups excluding carboxylic acids is 2. The fourth-order valence-corrected chi connectivity index (χ4v) is 1.59. The van der Waals surface area contributed by atoms with Crippen molar-refractivity contribution in [2.24, 2.45) is 0 Å². The molecule has 1 rings (SSSR count). The number of carbonyl (C=O) groups is 2. The summed E-state index contributed by atoms with van der Waals surface area (Å²) in [6.07, 6.45) is 2.89. The normalized spacial score (nSPS) is 18.9. The Morgan fingerprint density at radius 1 is 1.47 bits per heavy atom. The molecular weight excluding hydrogens is 192 g/mol. The van der Waals surface area contributed by atoms with E-state index in [-0.39, 0.29) is 17.9 Å².